The maximum absolute atomic E-state index is 13.3. The van der Waals surface area contributed by atoms with E-state index in [2.05, 4.69) is 20.7 Å². The fourth-order valence-corrected chi connectivity index (χ4v) is 3.09. The van der Waals surface area contributed by atoms with Gasteiger partial charge in [-0.2, -0.15) is 4.80 Å². The number of carbonyl (C=O) groups excluding carboxylic acids is 2. The Morgan fingerprint density at radius 2 is 1.91 bits per heavy atom. The topological polar surface area (TPSA) is 125 Å². The molecule has 3 rings (SSSR count). The Labute approximate surface area is 191 Å². The van der Waals surface area contributed by atoms with Crippen LogP contribution in [0, 0.1) is 6.92 Å². The number of ether oxygens (including phenoxy) is 2. The number of aromatic nitrogens is 4. The molecule has 0 aliphatic rings. The Kier molecular flexibility index (Phi) is 7.00. The predicted octanol–water partition coefficient (Wildman–Crippen LogP) is 2.21. The fourth-order valence-electron chi connectivity index (χ4n) is 3.09. The van der Waals surface area contributed by atoms with E-state index in [9.17, 15) is 9.59 Å². The van der Waals surface area contributed by atoms with E-state index in [1.807, 2.05) is 20.8 Å². The highest BCUT2D eigenvalue weighted by Crippen LogP contribution is 2.32. The minimum atomic E-state index is -0.459. The molecule has 0 fully saturated rings. The zero-order chi connectivity index (χ0) is 24.2. The van der Waals surface area contributed by atoms with Gasteiger partial charge >= 0.3 is 0 Å². The maximum Gasteiger partial charge on any atom is 0.251 e. The van der Waals surface area contributed by atoms with E-state index >= 15 is 0 Å². The summed E-state index contributed by atoms with van der Waals surface area (Å²) in [5.41, 5.74) is -0.0476. The number of amides is 2. The Morgan fingerprint density at radius 3 is 2.52 bits per heavy atom. The van der Waals surface area contributed by atoms with Crippen molar-refractivity contribution in [1.82, 2.24) is 25.5 Å². The average molecular weight is 457 g/mol. The first-order valence-corrected chi connectivity index (χ1v) is 10.3. The van der Waals surface area contributed by atoms with Crippen LogP contribution in [0.2, 0.25) is 0 Å². The largest absolute Gasteiger partial charge is 0.497 e. The lowest BCUT2D eigenvalue weighted by Gasteiger charge is -2.27. The molecule has 1 aromatic carbocycles. The second-order valence-corrected chi connectivity index (χ2v) is 8.37. The minimum Gasteiger partial charge on any atom is -0.497 e. The number of carbonyl (C=O) groups is 2. The lowest BCUT2D eigenvalue weighted by atomic mass is 10.1. The second kappa shape index (κ2) is 9.72. The highest BCUT2D eigenvalue weighted by atomic mass is 16.5. The Balaban J connectivity index is 1.88. The van der Waals surface area contributed by atoms with Crippen molar-refractivity contribution < 1.29 is 23.5 Å². The summed E-state index contributed by atoms with van der Waals surface area (Å²) in [5, 5.41) is 15.0. The van der Waals surface area contributed by atoms with Crippen molar-refractivity contribution >= 4 is 17.5 Å². The van der Waals surface area contributed by atoms with Crippen molar-refractivity contribution in [3.05, 3.63) is 36.1 Å². The number of anilines is 1. The van der Waals surface area contributed by atoms with E-state index in [-0.39, 0.29) is 24.8 Å². The summed E-state index contributed by atoms with van der Waals surface area (Å²) in [6.07, 6.45) is 0. The molecule has 0 aliphatic carbocycles. The molecule has 0 saturated heterocycles. The number of nitrogens with zero attached hydrogens (tertiary/aromatic N) is 5. The Bertz CT molecular complexity index is 1130. The van der Waals surface area contributed by atoms with Crippen LogP contribution in [0.15, 0.2) is 34.7 Å². The lowest BCUT2D eigenvalue weighted by molar-refractivity contribution is -0.125. The molecule has 11 heteroatoms. The van der Waals surface area contributed by atoms with Gasteiger partial charge in [0.15, 0.2) is 5.76 Å². The summed E-state index contributed by atoms with van der Waals surface area (Å²) in [7, 11) is 3.01. The average Bonchev–Trinajstić information content (AvgIpc) is 3.39. The second-order valence-electron chi connectivity index (χ2n) is 8.37. The van der Waals surface area contributed by atoms with Crippen LogP contribution in [0.5, 0.6) is 11.5 Å². The van der Waals surface area contributed by atoms with Gasteiger partial charge in [-0.15, -0.1) is 10.2 Å². The van der Waals surface area contributed by atoms with Crippen molar-refractivity contribution in [2.75, 3.05) is 25.7 Å². The third kappa shape index (κ3) is 6.09. The molecule has 3 aromatic rings. The smallest absolute Gasteiger partial charge is 0.251 e. The summed E-state index contributed by atoms with van der Waals surface area (Å²) < 4.78 is 16.2. The third-order valence-corrected chi connectivity index (χ3v) is 4.49. The highest BCUT2D eigenvalue weighted by molar-refractivity contribution is 6.00. The first kappa shape index (κ1) is 23.8. The van der Waals surface area contributed by atoms with Crippen molar-refractivity contribution in [2.24, 2.45) is 0 Å². The zero-order valence-corrected chi connectivity index (χ0v) is 19.6. The lowest BCUT2D eigenvalue weighted by Crippen LogP contribution is -2.48. The summed E-state index contributed by atoms with van der Waals surface area (Å²) in [4.78, 5) is 28.4. The number of aryl methyl sites for hydroxylation is 1. The number of benzene rings is 1. The molecule has 0 saturated carbocycles. The van der Waals surface area contributed by atoms with Gasteiger partial charge in [-0.1, -0.05) is 0 Å². The van der Waals surface area contributed by atoms with Gasteiger partial charge in [-0.05, 0) is 57.2 Å². The molecule has 2 aromatic heterocycles. The van der Waals surface area contributed by atoms with Crippen LogP contribution in [0.3, 0.4) is 0 Å². The summed E-state index contributed by atoms with van der Waals surface area (Å²) in [6, 6.07) is 8.50. The van der Waals surface area contributed by atoms with E-state index in [1.54, 1.807) is 37.3 Å². The van der Waals surface area contributed by atoms with Crippen LogP contribution in [0.4, 0.5) is 5.69 Å². The molecule has 1 N–H and O–H groups in total. The summed E-state index contributed by atoms with van der Waals surface area (Å²) in [6.45, 7) is 6.93. The molecule has 176 valence electrons. The van der Waals surface area contributed by atoms with Gasteiger partial charge in [0.05, 0.1) is 19.9 Å². The molecular weight excluding hydrogens is 428 g/mol. The van der Waals surface area contributed by atoms with Gasteiger partial charge in [-0.25, -0.2) is 0 Å². The Morgan fingerprint density at radius 1 is 1.15 bits per heavy atom. The van der Waals surface area contributed by atoms with Crippen LogP contribution >= 0.6 is 0 Å². The molecule has 0 unspecified atom stereocenters. The van der Waals surface area contributed by atoms with Crippen LogP contribution < -0.4 is 19.7 Å². The van der Waals surface area contributed by atoms with Gasteiger partial charge in [-0.3, -0.25) is 14.5 Å². The summed E-state index contributed by atoms with van der Waals surface area (Å²) in [5.74, 6) is 1.59. The highest BCUT2D eigenvalue weighted by Gasteiger charge is 2.26. The van der Waals surface area contributed by atoms with Crippen molar-refractivity contribution in [3.8, 4) is 23.1 Å². The number of furan rings is 1. The monoisotopic (exact) mass is 456 g/mol. The van der Waals surface area contributed by atoms with E-state index in [4.69, 9.17) is 13.9 Å². The maximum atomic E-state index is 13.3. The molecule has 2 heterocycles. The number of nitrogens with one attached hydrogen (secondary N) is 1. The van der Waals surface area contributed by atoms with E-state index in [1.165, 1.54) is 19.1 Å². The SMILES string of the molecule is COc1ccc(N(CC(=O)NC(C)(C)C)C(=O)Cn2nnc(-c3ccc(C)o3)n2)c(OC)c1. The van der Waals surface area contributed by atoms with Gasteiger partial charge in [0.2, 0.25) is 11.7 Å². The third-order valence-electron chi connectivity index (χ3n) is 4.49. The van der Waals surface area contributed by atoms with Gasteiger partial charge in [0.25, 0.3) is 5.91 Å². The molecule has 2 amide bonds. The van der Waals surface area contributed by atoms with Crippen LogP contribution in [0.25, 0.3) is 11.6 Å². The zero-order valence-electron chi connectivity index (χ0n) is 19.6. The summed E-state index contributed by atoms with van der Waals surface area (Å²) >= 11 is 0. The molecule has 0 radical (unpaired) electrons. The fraction of sp³-hybridized carbons (Fsp3) is 0.409. The quantitative estimate of drug-likeness (QED) is 0.547. The predicted molar refractivity (Wildman–Crippen MR) is 120 cm³/mol. The van der Waals surface area contributed by atoms with Crippen molar-refractivity contribution in [2.45, 2.75) is 39.8 Å². The Hall–Kier alpha value is -3.89. The number of rotatable bonds is 8. The van der Waals surface area contributed by atoms with Crippen LogP contribution in [0.1, 0.15) is 26.5 Å². The first-order chi connectivity index (χ1) is 15.6. The minimum absolute atomic E-state index is 0.224. The molecular formula is C22H28N6O5. The molecule has 0 atom stereocenters. The van der Waals surface area contributed by atoms with Crippen LogP contribution in [-0.4, -0.2) is 58.3 Å². The molecule has 0 bridgehead atoms. The molecule has 11 nitrogen and oxygen atoms in total. The van der Waals surface area contributed by atoms with E-state index < -0.39 is 11.4 Å². The number of tetrazole rings is 1. The number of hydrogen-bond acceptors (Lipinski definition) is 8. The number of hydrogen-bond donors (Lipinski definition) is 1. The normalized spacial score (nSPS) is 11.2. The van der Waals surface area contributed by atoms with Gasteiger partial charge in [0.1, 0.15) is 30.3 Å². The molecule has 33 heavy (non-hydrogen) atoms. The van der Waals surface area contributed by atoms with E-state index in [0.29, 0.717) is 28.7 Å². The first-order valence-electron chi connectivity index (χ1n) is 10.3. The van der Waals surface area contributed by atoms with E-state index in [0.717, 1.165) is 4.80 Å². The molecule has 0 spiro atoms. The molecule has 0 aliphatic heterocycles. The van der Waals surface area contributed by atoms with Gasteiger partial charge in [0, 0.05) is 11.6 Å². The van der Waals surface area contributed by atoms with Crippen LogP contribution in [-0.2, 0) is 16.1 Å². The van der Waals surface area contributed by atoms with Gasteiger partial charge < -0.3 is 19.2 Å². The standard InChI is InChI=1S/C22H28N6O5/c1-14-7-10-17(33-14)21-24-26-28(25-21)13-20(30)27(12-19(29)23-22(2,3)4)16-9-8-15(31-5)11-18(16)32-6/h7-11H,12-13H2,1-6H3,(H,23,29). The van der Waals surface area contributed by atoms with Crippen molar-refractivity contribution in [3.63, 3.8) is 0 Å². The number of methoxy groups -OCH3 is 2. The van der Waals surface area contributed by atoms with Crippen molar-refractivity contribution in [1.29, 1.82) is 0 Å².